The number of hydrogen-bond acceptors (Lipinski definition) is 5. The molecule has 1 aliphatic rings. The fourth-order valence-corrected chi connectivity index (χ4v) is 2.46. The lowest BCUT2D eigenvalue weighted by Crippen LogP contribution is -2.15. The van der Waals surface area contributed by atoms with Crippen LogP contribution in [-0.2, 0) is 15.7 Å². The molecule has 2 aromatic carbocycles. The largest absolute Gasteiger partial charge is 0.490 e. The van der Waals surface area contributed by atoms with Gasteiger partial charge in [-0.2, -0.15) is 13.2 Å². The fraction of sp³-hybridized carbons (Fsp3) is 0.300. The van der Waals surface area contributed by atoms with E-state index in [1.54, 1.807) is 6.92 Å². The molecule has 0 radical (unpaired) electrons. The van der Waals surface area contributed by atoms with Gasteiger partial charge in [-0.1, -0.05) is 0 Å². The standard InChI is InChI=1S/C20H18F3NO5/c1-2-27-19(26)16-9-14(7-8-17(16)29-11-15-10-28-15)24-18(25)12-3-5-13(6-4-12)20(21,22)23/h3-9,15H,2,10-11H2,1H3,(H,24,25). The molecule has 1 fully saturated rings. The molecular weight excluding hydrogens is 391 g/mol. The molecule has 9 heteroatoms. The first-order valence-corrected chi connectivity index (χ1v) is 8.82. The Morgan fingerprint density at radius 1 is 1.17 bits per heavy atom. The maximum Gasteiger partial charge on any atom is 0.416 e. The third kappa shape index (κ3) is 5.47. The Morgan fingerprint density at radius 2 is 1.86 bits per heavy atom. The van der Waals surface area contributed by atoms with Crippen LogP contribution < -0.4 is 10.1 Å². The van der Waals surface area contributed by atoms with Crippen LogP contribution in [0.1, 0.15) is 33.2 Å². The van der Waals surface area contributed by atoms with Gasteiger partial charge in [-0.15, -0.1) is 0 Å². The SMILES string of the molecule is CCOC(=O)c1cc(NC(=O)c2ccc(C(F)(F)F)cc2)ccc1OCC1CO1. The van der Waals surface area contributed by atoms with E-state index in [2.05, 4.69) is 5.32 Å². The van der Waals surface area contributed by atoms with Gasteiger partial charge < -0.3 is 19.5 Å². The van der Waals surface area contributed by atoms with Crippen LogP contribution in [0.3, 0.4) is 0 Å². The molecule has 0 saturated carbocycles. The average Bonchev–Trinajstić information content (AvgIpc) is 3.51. The summed E-state index contributed by atoms with van der Waals surface area (Å²) in [6.07, 6.45) is -4.49. The van der Waals surface area contributed by atoms with Crippen LogP contribution in [0.4, 0.5) is 18.9 Å². The van der Waals surface area contributed by atoms with Gasteiger partial charge in [-0.05, 0) is 49.4 Å². The number of anilines is 1. The van der Waals surface area contributed by atoms with E-state index in [4.69, 9.17) is 14.2 Å². The second-order valence-corrected chi connectivity index (χ2v) is 6.23. The minimum absolute atomic E-state index is 0.0101. The van der Waals surface area contributed by atoms with Gasteiger partial charge in [0.05, 0.1) is 18.8 Å². The normalized spacial score (nSPS) is 15.5. The molecule has 1 atom stereocenters. The van der Waals surface area contributed by atoms with Crippen molar-refractivity contribution in [3.05, 3.63) is 59.2 Å². The molecule has 0 aromatic heterocycles. The van der Waals surface area contributed by atoms with E-state index >= 15 is 0 Å². The second kappa shape index (κ2) is 8.52. The van der Waals surface area contributed by atoms with Crippen molar-refractivity contribution < 1.29 is 37.0 Å². The summed E-state index contributed by atoms with van der Waals surface area (Å²) in [4.78, 5) is 24.5. The topological polar surface area (TPSA) is 77.2 Å². The Labute approximate surface area is 164 Å². The summed E-state index contributed by atoms with van der Waals surface area (Å²) in [5, 5.41) is 2.55. The summed E-state index contributed by atoms with van der Waals surface area (Å²) in [6.45, 7) is 2.69. The van der Waals surface area contributed by atoms with Crippen molar-refractivity contribution in [3.63, 3.8) is 0 Å². The Balaban J connectivity index is 1.76. The van der Waals surface area contributed by atoms with Crippen LogP contribution in [0.2, 0.25) is 0 Å². The summed E-state index contributed by atoms with van der Waals surface area (Å²) in [6, 6.07) is 8.24. The van der Waals surface area contributed by atoms with Gasteiger partial charge in [0.2, 0.25) is 0 Å². The molecule has 6 nitrogen and oxygen atoms in total. The van der Waals surface area contributed by atoms with E-state index in [0.29, 0.717) is 6.61 Å². The van der Waals surface area contributed by atoms with Gasteiger partial charge >= 0.3 is 12.1 Å². The predicted octanol–water partition coefficient (Wildman–Crippen LogP) is 3.91. The van der Waals surface area contributed by atoms with Crippen LogP contribution in [0.25, 0.3) is 0 Å². The first-order chi connectivity index (χ1) is 13.8. The number of carbonyl (C=O) groups excluding carboxylic acids is 2. The summed E-state index contributed by atoms with van der Waals surface area (Å²) in [7, 11) is 0. The van der Waals surface area contributed by atoms with Gasteiger partial charge in [0.25, 0.3) is 5.91 Å². The van der Waals surface area contributed by atoms with Crippen LogP contribution in [0.5, 0.6) is 5.75 Å². The number of benzene rings is 2. The van der Waals surface area contributed by atoms with E-state index in [0.717, 1.165) is 24.3 Å². The quantitative estimate of drug-likeness (QED) is 0.554. The van der Waals surface area contributed by atoms with Gasteiger partial charge in [-0.25, -0.2) is 4.79 Å². The van der Waals surface area contributed by atoms with E-state index in [1.807, 2.05) is 0 Å². The van der Waals surface area contributed by atoms with Crippen molar-refractivity contribution in [1.29, 1.82) is 0 Å². The zero-order valence-corrected chi connectivity index (χ0v) is 15.4. The van der Waals surface area contributed by atoms with Crippen LogP contribution >= 0.6 is 0 Å². The number of halogens is 3. The molecule has 1 saturated heterocycles. The minimum atomic E-state index is -4.48. The van der Waals surface area contributed by atoms with Gasteiger partial charge in [-0.3, -0.25) is 4.79 Å². The van der Waals surface area contributed by atoms with E-state index in [9.17, 15) is 22.8 Å². The van der Waals surface area contributed by atoms with Crippen molar-refractivity contribution in [3.8, 4) is 5.75 Å². The molecule has 1 unspecified atom stereocenters. The van der Waals surface area contributed by atoms with Crippen molar-refractivity contribution in [1.82, 2.24) is 0 Å². The molecule has 1 heterocycles. The molecular formula is C20H18F3NO5. The third-order valence-corrected chi connectivity index (χ3v) is 4.03. The molecule has 0 spiro atoms. The van der Waals surface area contributed by atoms with E-state index in [-0.39, 0.29) is 41.9 Å². The Morgan fingerprint density at radius 3 is 2.45 bits per heavy atom. The Hall–Kier alpha value is -3.07. The molecule has 3 rings (SSSR count). The smallest absolute Gasteiger partial charge is 0.416 e. The summed E-state index contributed by atoms with van der Waals surface area (Å²) in [5.74, 6) is -0.954. The molecule has 2 aromatic rings. The maximum atomic E-state index is 12.6. The minimum Gasteiger partial charge on any atom is -0.490 e. The van der Waals surface area contributed by atoms with E-state index in [1.165, 1.54) is 18.2 Å². The molecule has 0 aliphatic carbocycles. The molecule has 1 aliphatic heterocycles. The van der Waals surface area contributed by atoms with Gasteiger partial charge in [0.15, 0.2) is 0 Å². The number of ether oxygens (including phenoxy) is 3. The third-order valence-electron chi connectivity index (χ3n) is 4.03. The van der Waals surface area contributed by atoms with Crippen LogP contribution in [0, 0.1) is 0 Å². The summed E-state index contributed by atoms with van der Waals surface area (Å²) >= 11 is 0. The number of carbonyl (C=O) groups is 2. The lowest BCUT2D eigenvalue weighted by molar-refractivity contribution is -0.137. The summed E-state index contributed by atoms with van der Waals surface area (Å²) < 4.78 is 53.6. The van der Waals surface area contributed by atoms with Crippen molar-refractivity contribution >= 4 is 17.6 Å². The monoisotopic (exact) mass is 409 g/mol. The number of alkyl halides is 3. The number of esters is 1. The summed E-state index contributed by atoms with van der Waals surface area (Å²) in [5.41, 5.74) is -0.410. The zero-order chi connectivity index (χ0) is 21.0. The molecule has 1 N–H and O–H groups in total. The highest BCUT2D eigenvalue weighted by molar-refractivity contribution is 6.05. The first kappa shape index (κ1) is 20.7. The first-order valence-electron chi connectivity index (χ1n) is 8.82. The number of hydrogen-bond donors (Lipinski definition) is 1. The Bertz CT molecular complexity index is 892. The van der Waals surface area contributed by atoms with Crippen molar-refractivity contribution in [2.75, 3.05) is 25.1 Å². The Kier molecular flexibility index (Phi) is 6.07. The van der Waals surface area contributed by atoms with Gasteiger partial charge in [0.1, 0.15) is 24.0 Å². The number of epoxide rings is 1. The van der Waals surface area contributed by atoms with Crippen LogP contribution in [-0.4, -0.2) is 37.8 Å². The fourth-order valence-electron chi connectivity index (χ4n) is 2.46. The lowest BCUT2D eigenvalue weighted by atomic mass is 10.1. The highest BCUT2D eigenvalue weighted by Crippen LogP contribution is 2.29. The maximum absolute atomic E-state index is 12.6. The molecule has 29 heavy (non-hydrogen) atoms. The number of nitrogens with one attached hydrogen (secondary N) is 1. The zero-order valence-electron chi connectivity index (χ0n) is 15.4. The van der Waals surface area contributed by atoms with Gasteiger partial charge in [0, 0.05) is 11.3 Å². The van der Waals surface area contributed by atoms with Crippen molar-refractivity contribution in [2.45, 2.75) is 19.2 Å². The highest BCUT2D eigenvalue weighted by Gasteiger charge is 2.30. The van der Waals surface area contributed by atoms with E-state index < -0.39 is 23.6 Å². The predicted molar refractivity (Wildman–Crippen MR) is 97.0 cm³/mol. The average molecular weight is 409 g/mol. The van der Waals surface area contributed by atoms with Crippen molar-refractivity contribution in [2.24, 2.45) is 0 Å². The molecule has 0 bridgehead atoms. The number of amides is 1. The van der Waals surface area contributed by atoms with Crippen LogP contribution in [0.15, 0.2) is 42.5 Å². The number of rotatable bonds is 7. The second-order valence-electron chi connectivity index (χ2n) is 6.23. The molecule has 154 valence electrons. The lowest BCUT2D eigenvalue weighted by Gasteiger charge is -2.13. The molecule has 1 amide bonds. The highest BCUT2D eigenvalue weighted by atomic mass is 19.4.